The van der Waals surface area contributed by atoms with Gasteiger partial charge in [-0.3, -0.25) is 0 Å². The second kappa shape index (κ2) is 5.17. The summed E-state index contributed by atoms with van der Waals surface area (Å²) >= 11 is 0. The summed E-state index contributed by atoms with van der Waals surface area (Å²) in [5.74, 6) is 1.57. The van der Waals surface area contributed by atoms with Crippen LogP contribution >= 0.6 is 0 Å². The highest BCUT2D eigenvalue weighted by molar-refractivity contribution is 5.70. The van der Waals surface area contributed by atoms with Crippen molar-refractivity contribution >= 4 is 5.82 Å². The van der Waals surface area contributed by atoms with Crippen LogP contribution in [0.3, 0.4) is 0 Å². The number of rotatable bonds is 2. The van der Waals surface area contributed by atoms with Crippen LogP contribution in [0.2, 0.25) is 0 Å². The Morgan fingerprint density at radius 1 is 1.25 bits per heavy atom. The minimum atomic E-state index is 0.199. The van der Waals surface area contributed by atoms with E-state index in [0.29, 0.717) is 5.82 Å². The fourth-order valence-corrected chi connectivity index (χ4v) is 2.20. The van der Waals surface area contributed by atoms with E-state index < -0.39 is 0 Å². The number of nitrogen functional groups attached to an aromatic ring is 1. The fraction of sp³-hybridized carbons (Fsp3) is 0.267. The number of nitriles is 1. The van der Waals surface area contributed by atoms with Crippen molar-refractivity contribution in [3.05, 3.63) is 34.5 Å². The summed E-state index contributed by atoms with van der Waals surface area (Å²) in [4.78, 5) is 8.48. The largest absolute Gasteiger partial charge is 0.496 e. The molecule has 0 saturated heterocycles. The van der Waals surface area contributed by atoms with Gasteiger partial charge in [-0.05, 0) is 43.5 Å². The molecule has 0 saturated carbocycles. The second-order valence-electron chi connectivity index (χ2n) is 4.63. The molecule has 0 aliphatic carbocycles. The van der Waals surface area contributed by atoms with E-state index in [4.69, 9.17) is 15.7 Å². The number of nitrogens with zero attached hydrogens (tertiary/aromatic N) is 3. The zero-order valence-corrected chi connectivity index (χ0v) is 12.0. The van der Waals surface area contributed by atoms with Gasteiger partial charge in [0.2, 0.25) is 0 Å². The first-order chi connectivity index (χ1) is 9.49. The maximum Gasteiger partial charge on any atom is 0.162 e. The molecule has 0 radical (unpaired) electrons. The van der Waals surface area contributed by atoms with Gasteiger partial charge >= 0.3 is 0 Å². The first kappa shape index (κ1) is 13.8. The Morgan fingerprint density at radius 3 is 2.50 bits per heavy atom. The van der Waals surface area contributed by atoms with Gasteiger partial charge in [-0.15, -0.1) is 0 Å². The maximum absolute atomic E-state index is 8.87. The Balaban J connectivity index is 2.68. The molecular formula is C15H16N4O. The normalized spacial score (nSPS) is 10.2. The van der Waals surface area contributed by atoms with E-state index in [0.717, 1.165) is 28.0 Å². The Hall–Kier alpha value is -2.61. The lowest BCUT2D eigenvalue weighted by molar-refractivity contribution is 0.411. The zero-order valence-electron chi connectivity index (χ0n) is 12.0. The van der Waals surface area contributed by atoms with Gasteiger partial charge in [0.1, 0.15) is 23.2 Å². The molecule has 5 heteroatoms. The van der Waals surface area contributed by atoms with E-state index in [1.807, 2.05) is 32.9 Å². The first-order valence-electron chi connectivity index (χ1n) is 6.17. The Labute approximate surface area is 118 Å². The average Bonchev–Trinajstić information content (AvgIpc) is 2.43. The number of hydrogen-bond acceptors (Lipinski definition) is 5. The molecule has 0 unspecified atom stereocenters. The zero-order chi connectivity index (χ0) is 14.9. The predicted molar refractivity (Wildman–Crippen MR) is 77.4 cm³/mol. The van der Waals surface area contributed by atoms with E-state index in [-0.39, 0.29) is 11.4 Å². The van der Waals surface area contributed by atoms with Crippen LogP contribution in [-0.4, -0.2) is 17.1 Å². The number of anilines is 1. The molecule has 2 aromatic rings. The van der Waals surface area contributed by atoms with Gasteiger partial charge in [-0.1, -0.05) is 0 Å². The highest BCUT2D eigenvalue weighted by Gasteiger charge is 2.15. The smallest absolute Gasteiger partial charge is 0.162 e. The third-order valence-electron chi connectivity index (χ3n) is 3.43. The Bertz CT molecular complexity index is 717. The van der Waals surface area contributed by atoms with E-state index in [1.54, 1.807) is 7.11 Å². The molecule has 0 bridgehead atoms. The van der Waals surface area contributed by atoms with Crippen molar-refractivity contribution < 1.29 is 4.74 Å². The summed E-state index contributed by atoms with van der Waals surface area (Å²) in [6.45, 7) is 5.96. The minimum absolute atomic E-state index is 0.199. The minimum Gasteiger partial charge on any atom is -0.496 e. The molecule has 0 aliphatic rings. The lowest BCUT2D eigenvalue weighted by atomic mass is 9.96. The third kappa shape index (κ3) is 2.16. The SMILES string of the molecule is COc1cc(C)c(-c2ncc(C#N)c(N)n2)c(C)c1C. The van der Waals surface area contributed by atoms with Gasteiger partial charge in [0.05, 0.1) is 13.3 Å². The van der Waals surface area contributed by atoms with Crippen LogP contribution in [0.15, 0.2) is 12.3 Å². The molecule has 0 fully saturated rings. The van der Waals surface area contributed by atoms with Crippen molar-refractivity contribution in [3.8, 4) is 23.2 Å². The molecule has 1 heterocycles. The second-order valence-corrected chi connectivity index (χ2v) is 4.63. The van der Waals surface area contributed by atoms with Crippen LogP contribution in [0.5, 0.6) is 5.75 Å². The first-order valence-corrected chi connectivity index (χ1v) is 6.17. The van der Waals surface area contributed by atoms with Gasteiger partial charge in [0.25, 0.3) is 0 Å². The molecule has 5 nitrogen and oxygen atoms in total. The van der Waals surface area contributed by atoms with E-state index in [2.05, 4.69) is 9.97 Å². The molecule has 0 spiro atoms. The topological polar surface area (TPSA) is 84.8 Å². The monoisotopic (exact) mass is 268 g/mol. The van der Waals surface area contributed by atoms with Crippen LogP contribution in [0, 0.1) is 32.1 Å². The summed E-state index contributed by atoms with van der Waals surface area (Å²) in [5, 5.41) is 8.87. The van der Waals surface area contributed by atoms with Crippen molar-refractivity contribution in [3.63, 3.8) is 0 Å². The highest BCUT2D eigenvalue weighted by atomic mass is 16.5. The third-order valence-corrected chi connectivity index (χ3v) is 3.43. The van der Waals surface area contributed by atoms with Crippen molar-refractivity contribution in [1.82, 2.24) is 9.97 Å². The summed E-state index contributed by atoms with van der Waals surface area (Å²) in [7, 11) is 1.65. The molecule has 2 N–H and O–H groups in total. The lowest BCUT2D eigenvalue weighted by Crippen LogP contribution is -2.03. The van der Waals surface area contributed by atoms with Crippen LogP contribution in [0.4, 0.5) is 5.82 Å². The van der Waals surface area contributed by atoms with Gasteiger partial charge in [-0.25, -0.2) is 9.97 Å². The van der Waals surface area contributed by atoms with Gasteiger partial charge < -0.3 is 10.5 Å². The molecule has 0 aliphatic heterocycles. The van der Waals surface area contributed by atoms with Crippen molar-refractivity contribution in [2.24, 2.45) is 0 Å². The number of aryl methyl sites for hydroxylation is 1. The maximum atomic E-state index is 8.87. The van der Waals surface area contributed by atoms with Crippen molar-refractivity contribution in [1.29, 1.82) is 5.26 Å². The number of hydrogen-bond donors (Lipinski definition) is 1. The molecule has 1 aromatic heterocycles. The fourth-order valence-electron chi connectivity index (χ4n) is 2.20. The van der Waals surface area contributed by atoms with Crippen LogP contribution < -0.4 is 10.5 Å². The van der Waals surface area contributed by atoms with E-state index in [1.165, 1.54) is 6.20 Å². The highest BCUT2D eigenvalue weighted by Crippen LogP contribution is 2.33. The summed E-state index contributed by atoms with van der Waals surface area (Å²) < 4.78 is 5.35. The summed E-state index contributed by atoms with van der Waals surface area (Å²) in [6.07, 6.45) is 1.45. The Morgan fingerprint density at radius 2 is 1.95 bits per heavy atom. The van der Waals surface area contributed by atoms with Crippen molar-refractivity contribution in [2.45, 2.75) is 20.8 Å². The number of ether oxygens (including phenoxy) is 1. The van der Waals surface area contributed by atoms with Crippen molar-refractivity contribution in [2.75, 3.05) is 12.8 Å². The molecule has 1 aromatic carbocycles. The van der Waals surface area contributed by atoms with Crippen LogP contribution in [0.25, 0.3) is 11.4 Å². The standard InChI is InChI=1S/C15H16N4O/c1-8-5-12(20-4)9(2)10(3)13(8)15-18-7-11(6-16)14(17)19-15/h5,7H,1-4H3,(H2,17,18,19). The van der Waals surface area contributed by atoms with E-state index in [9.17, 15) is 0 Å². The molecule has 0 amide bonds. The summed E-state index contributed by atoms with van der Waals surface area (Å²) in [6, 6.07) is 3.92. The van der Waals surface area contributed by atoms with Crippen LogP contribution in [0.1, 0.15) is 22.3 Å². The number of methoxy groups -OCH3 is 1. The Kier molecular flexibility index (Phi) is 3.57. The number of nitrogens with two attached hydrogens (primary N) is 1. The predicted octanol–water partition coefficient (Wildman–Crippen LogP) is 2.53. The van der Waals surface area contributed by atoms with Gasteiger partial charge in [-0.2, -0.15) is 5.26 Å². The molecular weight excluding hydrogens is 252 g/mol. The van der Waals surface area contributed by atoms with Crippen LogP contribution in [-0.2, 0) is 0 Å². The number of aromatic nitrogens is 2. The molecule has 0 atom stereocenters. The average molecular weight is 268 g/mol. The van der Waals surface area contributed by atoms with E-state index >= 15 is 0 Å². The lowest BCUT2D eigenvalue weighted by Gasteiger charge is -2.15. The quantitative estimate of drug-likeness (QED) is 0.904. The molecule has 102 valence electrons. The summed E-state index contributed by atoms with van der Waals surface area (Å²) in [5.41, 5.74) is 10.1. The van der Waals surface area contributed by atoms with Gasteiger partial charge in [0.15, 0.2) is 5.82 Å². The number of benzene rings is 1. The molecule has 20 heavy (non-hydrogen) atoms. The van der Waals surface area contributed by atoms with Gasteiger partial charge in [0, 0.05) is 5.56 Å². The molecule has 2 rings (SSSR count).